The number of aromatic nitrogens is 1. The minimum Gasteiger partial charge on any atom is -0.310 e. The molecule has 0 aliphatic rings. The molecule has 5 nitrogen and oxygen atoms in total. The molecule has 2 aromatic rings. The van der Waals surface area contributed by atoms with E-state index in [9.17, 15) is 8.42 Å². The Morgan fingerprint density at radius 3 is 2.72 bits per heavy atom. The van der Waals surface area contributed by atoms with Gasteiger partial charge in [-0.15, -0.1) is 0 Å². The summed E-state index contributed by atoms with van der Waals surface area (Å²) in [6.45, 7) is 0.855. The van der Waals surface area contributed by atoms with Gasteiger partial charge in [-0.25, -0.2) is 13.6 Å². The van der Waals surface area contributed by atoms with E-state index in [-0.39, 0.29) is 5.75 Å². The molecule has 0 unspecified atom stereocenters. The fourth-order valence-electron chi connectivity index (χ4n) is 1.64. The van der Waals surface area contributed by atoms with Crippen molar-refractivity contribution < 1.29 is 8.42 Å². The molecule has 0 fully saturated rings. The summed E-state index contributed by atoms with van der Waals surface area (Å²) in [6, 6.07) is 11.8. The molecule has 96 valence electrons. The van der Waals surface area contributed by atoms with Crippen molar-refractivity contribution in [1.82, 2.24) is 10.3 Å². The molecule has 6 heteroatoms. The Kier molecular flexibility index (Phi) is 3.90. The van der Waals surface area contributed by atoms with Crippen LogP contribution in [0.4, 0.5) is 0 Å². The standard InChI is InChI=1S/C12H15N3O2S/c13-18(16,17)8-7-14-9-11-6-5-10-3-1-2-4-12(10)15-11/h1-6,14H,7-9H2,(H2,13,16,17). The van der Waals surface area contributed by atoms with Gasteiger partial charge in [-0.1, -0.05) is 24.3 Å². The number of primary sulfonamides is 1. The van der Waals surface area contributed by atoms with Gasteiger partial charge in [0.25, 0.3) is 0 Å². The number of rotatable bonds is 5. The van der Waals surface area contributed by atoms with Gasteiger partial charge in [-0.3, -0.25) is 4.98 Å². The van der Waals surface area contributed by atoms with Crippen molar-refractivity contribution in [1.29, 1.82) is 0 Å². The van der Waals surface area contributed by atoms with Gasteiger partial charge in [0.1, 0.15) is 0 Å². The molecule has 0 atom stereocenters. The second-order valence-corrected chi connectivity index (χ2v) is 5.77. The summed E-state index contributed by atoms with van der Waals surface area (Å²) in [5.41, 5.74) is 1.81. The highest BCUT2D eigenvalue weighted by Crippen LogP contribution is 2.11. The van der Waals surface area contributed by atoms with E-state index < -0.39 is 10.0 Å². The maximum absolute atomic E-state index is 10.7. The molecule has 1 aromatic heterocycles. The Labute approximate surface area is 106 Å². The number of fused-ring (bicyclic) bond motifs is 1. The number of nitrogens with one attached hydrogen (secondary N) is 1. The second kappa shape index (κ2) is 5.43. The number of nitrogens with zero attached hydrogens (tertiary/aromatic N) is 1. The average Bonchev–Trinajstić information content (AvgIpc) is 2.33. The van der Waals surface area contributed by atoms with Crippen LogP contribution in [0.2, 0.25) is 0 Å². The summed E-state index contributed by atoms with van der Waals surface area (Å²) in [7, 11) is -3.40. The zero-order valence-corrected chi connectivity index (χ0v) is 10.7. The molecule has 0 aliphatic carbocycles. The first kappa shape index (κ1) is 12.9. The van der Waals surface area contributed by atoms with Crippen LogP contribution in [0.15, 0.2) is 36.4 Å². The van der Waals surface area contributed by atoms with E-state index in [1.807, 2.05) is 36.4 Å². The normalized spacial score (nSPS) is 11.8. The highest BCUT2D eigenvalue weighted by Gasteiger charge is 2.02. The van der Waals surface area contributed by atoms with Gasteiger partial charge in [0.05, 0.1) is 17.0 Å². The van der Waals surface area contributed by atoms with Gasteiger partial charge >= 0.3 is 0 Å². The maximum atomic E-state index is 10.7. The van der Waals surface area contributed by atoms with Gasteiger partial charge < -0.3 is 5.32 Å². The smallest absolute Gasteiger partial charge is 0.210 e. The number of para-hydroxylation sites is 1. The van der Waals surface area contributed by atoms with E-state index in [1.165, 1.54) is 0 Å². The van der Waals surface area contributed by atoms with Crippen molar-refractivity contribution in [2.24, 2.45) is 5.14 Å². The monoisotopic (exact) mass is 265 g/mol. The van der Waals surface area contributed by atoms with E-state index in [2.05, 4.69) is 10.3 Å². The molecule has 0 aliphatic heterocycles. The van der Waals surface area contributed by atoms with E-state index in [0.29, 0.717) is 13.1 Å². The van der Waals surface area contributed by atoms with E-state index in [4.69, 9.17) is 5.14 Å². The summed E-state index contributed by atoms with van der Waals surface area (Å²) in [5.74, 6) is -0.0689. The zero-order chi connectivity index (χ0) is 13.0. The van der Waals surface area contributed by atoms with Crippen LogP contribution in [-0.4, -0.2) is 25.7 Å². The van der Waals surface area contributed by atoms with Crippen molar-refractivity contribution in [3.05, 3.63) is 42.1 Å². The quantitative estimate of drug-likeness (QED) is 0.776. The highest BCUT2D eigenvalue weighted by molar-refractivity contribution is 7.89. The van der Waals surface area contributed by atoms with E-state index >= 15 is 0 Å². The van der Waals surface area contributed by atoms with Crippen LogP contribution in [-0.2, 0) is 16.6 Å². The van der Waals surface area contributed by atoms with Gasteiger partial charge in [0, 0.05) is 18.5 Å². The SMILES string of the molecule is NS(=O)(=O)CCNCc1ccc2ccccc2n1. The molecule has 0 saturated carbocycles. The number of benzene rings is 1. The predicted octanol–water partition coefficient (Wildman–Crippen LogP) is 0.613. The Morgan fingerprint density at radius 1 is 1.17 bits per heavy atom. The molecule has 0 spiro atoms. The van der Waals surface area contributed by atoms with Crippen molar-refractivity contribution >= 4 is 20.9 Å². The molecule has 0 saturated heterocycles. The summed E-state index contributed by atoms with van der Waals surface area (Å²) >= 11 is 0. The van der Waals surface area contributed by atoms with Crippen LogP contribution < -0.4 is 10.5 Å². The van der Waals surface area contributed by atoms with Crippen molar-refractivity contribution in [3.63, 3.8) is 0 Å². The molecule has 18 heavy (non-hydrogen) atoms. The van der Waals surface area contributed by atoms with Crippen LogP contribution in [0.3, 0.4) is 0 Å². The number of hydrogen-bond donors (Lipinski definition) is 2. The minimum absolute atomic E-state index is 0.0689. The zero-order valence-electron chi connectivity index (χ0n) is 9.83. The molecule has 0 amide bonds. The lowest BCUT2D eigenvalue weighted by atomic mass is 10.2. The molecule has 1 aromatic carbocycles. The first-order valence-corrected chi connectivity index (χ1v) is 7.32. The van der Waals surface area contributed by atoms with Crippen molar-refractivity contribution in [3.8, 4) is 0 Å². The minimum atomic E-state index is -3.40. The third kappa shape index (κ3) is 3.76. The van der Waals surface area contributed by atoms with E-state index in [0.717, 1.165) is 16.6 Å². The molecular weight excluding hydrogens is 250 g/mol. The van der Waals surface area contributed by atoms with Crippen LogP contribution in [0, 0.1) is 0 Å². The molecular formula is C12H15N3O2S. The summed E-state index contributed by atoms with van der Waals surface area (Å²) in [4.78, 5) is 4.47. The third-order valence-electron chi connectivity index (χ3n) is 2.53. The largest absolute Gasteiger partial charge is 0.310 e. The molecule has 3 N–H and O–H groups in total. The second-order valence-electron chi connectivity index (χ2n) is 4.04. The molecule has 0 radical (unpaired) electrons. The summed E-state index contributed by atoms with van der Waals surface area (Å²) in [6.07, 6.45) is 0. The number of nitrogens with two attached hydrogens (primary N) is 1. The first-order valence-electron chi connectivity index (χ1n) is 5.60. The topological polar surface area (TPSA) is 85.1 Å². The Balaban J connectivity index is 1.96. The van der Waals surface area contributed by atoms with Gasteiger partial charge in [0.2, 0.25) is 10.0 Å². The lowest BCUT2D eigenvalue weighted by Crippen LogP contribution is -2.27. The van der Waals surface area contributed by atoms with Crippen LogP contribution in [0.25, 0.3) is 10.9 Å². The summed E-state index contributed by atoms with van der Waals surface area (Å²) < 4.78 is 21.5. The van der Waals surface area contributed by atoms with Crippen LogP contribution in [0.5, 0.6) is 0 Å². The Bertz CT molecular complexity index is 641. The average molecular weight is 265 g/mol. The third-order valence-corrected chi connectivity index (χ3v) is 3.30. The van der Waals surface area contributed by atoms with Crippen LogP contribution in [0.1, 0.15) is 5.69 Å². The van der Waals surface area contributed by atoms with Gasteiger partial charge in [-0.05, 0) is 12.1 Å². The predicted molar refractivity (Wildman–Crippen MR) is 71.4 cm³/mol. The fourth-order valence-corrected chi connectivity index (χ4v) is 2.07. The van der Waals surface area contributed by atoms with E-state index in [1.54, 1.807) is 0 Å². The van der Waals surface area contributed by atoms with Gasteiger partial charge in [0.15, 0.2) is 0 Å². The molecule has 2 rings (SSSR count). The first-order chi connectivity index (χ1) is 8.54. The fraction of sp³-hybridized carbons (Fsp3) is 0.250. The maximum Gasteiger partial charge on any atom is 0.210 e. The highest BCUT2D eigenvalue weighted by atomic mass is 32.2. The van der Waals surface area contributed by atoms with Gasteiger partial charge in [-0.2, -0.15) is 0 Å². The number of hydrogen-bond acceptors (Lipinski definition) is 4. The van der Waals surface area contributed by atoms with Crippen molar-refractivity contribution in [2.45, 2.75) is 6.54 Å². The van der Waals surface area contributed by atoms with Crippen LogP contribution >= 0.6 is 0 Å². The number of sulfonamides is 1. The molecule has 0 bridgehead atoms. The Hall–Kier alpha value is -1.50. The Morgan fingerprint density at radius 2 is 1.94 bits per heavy atom. The molecule has 1 heterocycles. The van der Waals surface area contributed by atoms with Crippen molar-refractivity contribution in [2.75, 3.05) is 12.3 Å². The lowest BCUT2D eigenvalue weighted by Gasteiger charge is -2.04. The lowest BCUT2D eigenvalue weighted by molar-refractivity contribution is 0.592. The number of pyridine rings is 1. The summed E-state index contributed by atoms with van der Waals surface area (Å²) in [5, 5.41) is 9.00.